The molecule has 0 amide bonds. The molecule has 85 valence electrons. The van der Waals surface area contributed by atoms with E-state index in [0.717, 1.165) is 17.4 Å². The fourth-order valence-electron chi connectivity index (χ4n) is 2.59. The van der Waals surface area contributed by atoms with E-state index in [-0.39, 0.29) is 0 Å². The molecule has 2 nitrogen and oxygen atoms in total. The molecular formula is C14H17O2. The van der Waals surface area contributed by atoms with Gasteiger partial charge in [0.2, 0.25) is 6.79 Å². The van der Waals surface area contributed by atoms with Crippen molar-refractivity contribution in [3.8, 4) is 11.5 Å². The van der Waals surface area contributed by atoms with Crippen LogP contribution in [0.15, 0.2) is 18.2 Å². The average molecular weight is 217 g/mol. The number of rotatable bonds is 2. The maximum Gasteiger partial charge on any atom is 0.231 e. The van der Waals surface area contributed by atoms with Gasteiger partial charge in [-0.2, -0.15) is 0 Å². The van der Waals surface area contributed by atoms with E-state index < -0.39 is 0 Å². The molecule has 0 atom stereocenters. The predicted molar refractivity (Wildman–Crippen MR) is 62.5 cm³/mol. The van der Waals surface area contributed by atoms with Gasteiger partial charge in [-0.3, -0.25) is 0 Å². The minimum absolute atomic E-state index is 0.363. The Hall–Kier alpha value is -1.18. The van der Waals surface area contributed by atoms with Crippen LogP contribution in [0.4, 0.5) is 0 Å². The van der Waals surface area contributed by atoms with E-state index in [1.165, 1.54) is 37.7 Å². The lowest BCUT2D eigenvalue weighted by Gasteiger charge is -2.21. The zero-order valence-electron chi connectivity index (χ0n) is 9.45. The van der Waals surface area contributed by atoms with Gasteiger partial charge >= 0.3 is 0 Å². The average Bonchev–Trinajstić information content (AvgIpc) is 2.77. The second-order valence-electron chi connectivity index (χ2n) is 4.68. The molecule has 1 saturated carbocycles. The highest BCUT2D eigenvalue weighted by Gasteiger charge is 2.17. The van der Waals surface area contributed by atoms with E-state index in [1.54, 1.807) is 0 Å². The highest BCUT2D eigenvalue weighted by atomic mass is 16.7. The number of fused-ring (bicyclic) bond motifs is 1. The third-order valence-corrected chi connectivity index (χ3v) is 3.47. The maximum atomic E-state index is 5.39. The summed E-state index contributed by atoms with van der Waals surface area (Å²) in [5.74, 6) is 2.53. The lowest BCUT2D eigenvalue weighted by atomic mass is 9.85. The van der Waals surface area contributed by atoms with Crippen LogP contribution < -0.4 is 9.47 Å². The van der Waals surface area contributed by atoms with Crippen LogP contribution in [0.1, 0.15) is 37.7 Å². The maximum absolute atomic E-state index is 5.39. The van der Waals surface area contributed by atoms with Crippen LogP contribution in [0.2, 0.25) is 0 Å². The van der Waals surface area contributed by atoms with Crippen LogP contribution in [-0.2, 0) is 0 Å². The molecule has 2 aliphatic rings. The van der Waals surface area contributed by atoms with Crippen molar-refractivity contribution >= 4 is 0 Å². The topological polar surface area (TPSA) is 18.5 Å². The normalized spacial score (nSPS) is 20.0. The summed E-state index contributed by atoms with van der Waals surface area (Å²) in [7, 11) is 0. The second kappa shape index (κ2) is 4.36. The zero-order valence-corrected chi connectivity index (χ0v) is 9.45. The molecule has 1 radical (unpaired) electrons. The number of hydrogen-bond acceptors (Lipinski definition) is 2. The molecule has 1 heterocycles. The van der Waals surface area contributed by atoms with Crippen LogP contribution >= 0.6 is 0 Å². The van der Waals surface area contributed by atoms with Crippen LogP contribution in [0.3, 0.4) is 0 Å². The standard InChI is InChI=1S/C14H17O2/c1-2-4-11(5-3-1)8-12-6-7-13-14(9-12)16-10-15-13/h6-9,11H,1-5,10H2. The fourth-order valence-corrected chi connectivity index (χ4v) is 2.59. The number of benzene rings is 1. The molecule has 0 saturated heterocycles. The molecule has 1 aromatic carbocycles. The lowest BCUT2D eigenvalue weighted by Crippen LogP contribution is -2.07. The van der Waals surface area contributed by atoms with E-state index in [1.807, 2.05) is 6.07 Å². The molecule has 0 aromatic heterocycles. The first-order valence-electron chi connectivity index (χ1n) is 6.16. The van der Waals surface area contributed by atoms with Crippen LogP contribution in [-0.4, -0.2) is 6.79 Å². The van der Waals surface area contributed by atoms with Gasteiger partial charge in [0.25, 0.3) is 0 Å². The van der Waals surface area contributed by atoms with Crippen molar-refractivity contribution in [1.82, 2.24) is 0 Å². The molecule has 3 rings (SSSR count). The van der Waals surface area contributed by atoms with Crippen LogP contribution in [0, 0.1) is 12.3 Å². The van der Waals surface area contributed by atoms with Gasteiger partial charge in [-0.1, -0.05) is 25.3 Å². The van der Waals surface area contributed by atoms with E-state index in [0.29, 0.717) is 6.79 Å². The Morgan fingerprint density at radius 3 is 2.69 bits per heavy atom. The summed E-state index contributed by atoms with van der Waals surface area (Å²) in [6.45, 7) is 0.363. The molecule has 1 aliphatic heterocycles. The molecular weight excluding hydrogens is 200 g/mol. The Morgan fingerprint density at radius 1 is 1.00 bits per heavy atom. The summed E-state index contributed by atoms with van der Waals surface area (Å²) in [6, 6.07) is 6.23. The van der Waals surface area contributed by atoms with Gasteiger partial charge in [0, 0.05) is 0 Å². The summed E-state index contributed by atoms with van der Waals surface area (Å²) in [5, 5.41) is 0. The van der Waals surface area contributed by atoms with Gasteiger partial charge in [-0.05, 0) is 42.9 Å². The van der Waals surface area contributed by atoms with Crippen LogP contribution in [0.5, 0.6) is 11.5 Å². The Bertz CT molecular complexity index is 367. The summed E-state index contributed by atoms with van der Waals surface area (Å²) in [6.07, 6.45) is 9.24. The third-order valence-electron chi connectivity index (χ3n) is 3.47. The molecule has 2 heteroatoms. The number of hydrogen-bond donors (Lipinski definition) is 0. The largest absolute Gasteiger partial charge is 0.454 e. The van der Waals surface area contributed by atoms with Gasteiger partial charge in [0.1, 0.15) is 0 Å². The van der Waals surface area contributed by atoms with Crippen molar-refractivity contribution < 1.29 is 9.47 Å². The Kier molecular flexibility index (Phi) is 2.73. The first-order chi connectivity index (χ1) is 7.92. The number of ether oxygens (including phenoxy) is 2. The fraction of sp³-hybridized carbons (Fsp3) is 0.500. The first kappa shape index (κ1) is 10.0. The summed E-state index contributed by atoms with van der Waals surface area (Å²) in [5.41, 5.74) is 1.27. The first-order valence-corrected chi connectivity index (χ1v) is 6.16. The van der Waals surface area contributed by atoms with Gasteiger partial charge < -0.3 is 9.47 Å². The Morgan fingerprint density at radius 2 is 1.81 bits per heavy atom. The van der Waals surface area contributed by atoms with E-state index >= 15 is 0 Å². The summed E-state index contributed by atoms with van der Waals surface area (Å²) >= 11 is 0. The molecule has 1 aromatic rings. The monoisotopic (exact) mass is 217 g/mol. The van der Waals surface area contributed by atoms with Gasteiger partial charge in [-0.15, -0.1) is 0 Å². The minimum Gasteiger partial charge on any atom is -0.454 e. The minimum atomic E-state index is 0.363. The smallest absolute Gasteiger partial charge is 0.231 e. The van der Waals surface area contributed by atoms with Gasteiger partial charge in [0.15, 0.2) is 11.5 Å². The van der Waals surface area contributed by atoms with E-state index in [2.05, 4.69) is 18.6 Å². The van der Waals surface area contributed by atoms with Crippen molar-refractivity contribution in [3.05, 3.63) is 30.2 Å². The molecule has 1 aliphatic carbocycles. The Balaban J connectivity index is 1.69. The quantitative estimate of drug-likeness (QED) is 0.754. The van der Waals surface area contributed by atoms with Gasteiger partial charge in [-0.25, -0.2) is 0 Å². The van der Waals surface area contributed by atoms with E-state index in [9.17, 15) is 0 Å². The van der Waals surface area contributed by atoms with Crippen molar-refractivity contribution in [3.63, 3.8) is 0 Å². The Labute approximate surface area is 96.6 Å². The van der Waals surface area contributed by atoms with Crippen molar-refractivity contribution in [2.45, 2.75) is 32.1 Å². The van der Waals surface area contributed by atoms with Crippen molar-refractivity contribution in [1.29, 1.82) is 0 Å². The summed E-state index contributed by atoms with van der Waals surface area (Å²) < 4.78 is 10.7. The highest BCUT2D eigenvalue weighted by Crippen LogP contribution is 2.35. The molecule has 0 spiro atoms. The molecule has 16 heavy (non-hydrogen) atoms. The molecule has 1 fully saturated rings. The highest BCUT2D eigenvalue weighted by molar-refractivity contribution is 5.46. The SMILES string of the molecule is [CH](c1ccc2c(c1)OCO2)C1CCCCC1. The van der Waals surface area contributed by atoms with Crippen molar-refractivity contribution in [2.75, 3.05) is 6.79 Å². The van der Waals surface area contributed by atoms with E-state index in [4.69, 9.17) is 9.47 Å². The van der Waals surface area contributed by atoms with Crippen LogP contribution in [0.25, 0.3) is 0 Å². The summed E-state index contributed by atoms with van der Waals surface area (Å²) in [4.78, 5) is 0. The lowest BCUT2D eigenvalue weighted by molar-refractivity contribution is 0.174. The molecule has 0 unspecified atom stereocenters. The molecule has 0 bridgehead atoms. The second-order valence-corrected chi connectivity index (χ2v) is 4.68. The molecule has 0 N–H and O–H groups in total. The van der Waals surface area contributed by atoms with Gasteiger partial charge in [0.05, 0.1) is 0 Å². The predicted octanol–water partition coefficient (Wildman–Crippen LogP) is 3.55. The zero-order chi connectivity index (χ0) is 10.8. The van der Waals surface area contributed by atoms with Crippen molar-refractivity contribution in [2.24, 2.45) is 5.92 Å². The third kappa shape index (κ3) is 2.01.